The first-order chi connectivity index (χ1) is 16.5. The summed E-state index contributed by atoms with van der Waals surface area (Å²) in [6, 6.07) is 17.9. The molecule has 0 aliphatic heterocycles. The first kappa shape index (κ1) is 22.3. The quantitative estimate of drug-likeness (QED) is 0.437. The Morgan fingerprint density at radius 3 is 2.56 bits per heavy atom. The zero-order valence-corrected chi connectivity index (χ0v) is 19.8. The van der Waals surface area contributed by atoms with Gasteiger partial charge in [0.1, 0.15) is 17.0 Å². The zero-order valence-electron chi connectivity index (χ0n) is 19.8. The SMILES string of the molecule is COc1ccc2cc3c(=O)n(CC(C)c4ccccc4)c(C(=O)NC4CCCCC4)cn3c2c1. The minimum atomic E-state index is -0.184. The molecule has 0 saturated heterocycles. The van der Waals surface area contributed by atoms with Crippen molar-refractivity contribution in [2.75, 3.05) is 7.11 Å². The van der Waals surface area contributed by atoms with Gasteiger partial charge in [-0.1, -0.05) is 56.5 Å². The third-order valence-electron chi connectivity index (χ3n) is 7.05. The molecule has 1 fully saturated rings. The molecule has 0 radical (unpaired) electrons. The molecule has 4 aromatic rings. The molecule has 6 nitrogen and oxygen atoms in total. The van der Waals surface area contributed by atoms with Crippen molar-refractivity contribution in [1.82, 2.24) is 14.3 Å². The first-order valence-corrected chi connectivity index (χ1v) is 12.1. The summed E-state index contributed by atoms with van der Waals surface area (Å²) in [5.74, 6) is 0.602. The predicted octanol–water partition coefficient (Wildman–Crippen LogP) is 5.13. The number of hydrogen-bond donors (Lipinski definition) is 1. The Labute approximate surface area is 199 Å². The summed E-state index contributed by atoms with van der Waals surface area (Å²) in [7, 11) is 1.62. The van der Waals surface area contributed by atoms with E-state index >= 15 is 0 Å². The lowest BCUT2D eigenvalue weighted by Crippen LogP contribution is -2.40. The molecular formula is C28H31N3O3. The fourth-order valence-electron chi connectivity index (χ4n) is 5.10. The van der Waals surface area contributed by atoms with Gasteiger partial charge in [0, 0.05) is 30.2 Å². The highest BCUT2D eigenvalue weighted by Crippen LogP contribution is 2.25. The Morgan fingerprint density at radius 1 is 1.06 bits per heavy atom. The van der Waals surface area contributed by atoms with E-state index in [4.69, 9.17) is 4.74 Å². The van der Waals surface area contributed by atoms with Gasteiger partial charge in [0.2, 0.25) is 0 Å². The van der Waals surface area contributed by atoms with Gasteiger partial charge in [-0.15, -0.1) is 0 Å². The maximum Gasteiger partial charge on any atom is 0.275 e. The van der Waals surface area contributed by atoms with Crippen LogP contribution in [0.5, 0.6) is 5.75 Å². The first-order valence-electron chi connectivity index (χ1n) is 12.1. The molecule has 0 spiro atoms. The molecule has 1 aliphatic rings. The topological polar surface area (TPSA) is 64.7 Å². The van der Waals surface area contributed by atoms with Gasteiger partial charge in [0.05, 0.1) is 12.6 Å². The molecule has 0 bridgehead atoms. The predicted molar refractivity (Wildman–Crippen MR) is 135 cm³/mol. The molecule has 2 aromatic carbocycles. The molecule has 34 heavy (non-hydrogen) atoms. The lowest BCUT2D eigenvalue weighted by molar-refractivity contribution is 0.0916. The number of carbonyl (C=O) groups excluding carboxylic acids is 1. The Hall–Kier alpha value is -3.54. The van der Waals surface area contributed by atoms with Crippen LogP contribution in [0.1, 0.15) is 61.0 Å². The summed E-state index contributed by atoms with van der Waals surface area (Å²) >= 11 is 0. The van der Waals surface area contributed by atoms with Gasteiger partial charge in [0.15, 0.2) is 0 Å². The Bertz CT molecular complexity index is 1380. The lowest BCUT2D eigenvalue weighted by Gasteiger charge is -2.24. The van der Waals surface area contributed by atoms with Crippen molar-refractivity contribution in [3.63, 3.8) is 0 Å². The van der Waals surface area contributed by atoms with Gasteiger partial charge in [0.25, 0.3) is 11.5 Å². The standard InChI is InChI=1S/C28H31N3O3/c1-19(20-9-5-3-6-10-20)17-31-26(27(32)29-22-11-7-4-8-12-22)18-30-24-16-23(34-2)14-13-21(24)15-25(30)28(31)33/h3,5-6,9-10,13-16,18-19,22H,4,7-8,11-12,17H2,1-2H3,(H,29,32). The summed E-state index contributed by atoms with van der Waals surface area (Å²) in [6.07, 6.45) is 7.27. The van der Waals surface area contributed by atoms with E-state index in [1.54, 1.807) is 11.7 Å². The average Bonchev–Trinajstić information content (AvgIpc) is 3.24. The van der Waals surface area contributed by atoms with Crippen molar-refractivity contribution in [1.29, 1.82) is 0 Å². The molecule has 2 aromatic heterocycles. The minimum Gasteiger partial charge on any atom is -0.497 e. The van der Waals surface area contributed by atoms with Crippen LogP contribution in [-0.4, -0.2) is 28.0 Å². The van der Waals surface area contributed by atoms with Crippen LogP contribution >= 0.6 is 0 Å². The van der Waals surface area contributed by atoms with Crippen LogP contribution in [0, 0.1) is 0 Å². The summed E-state index contributed by atoms with van der Waals surface area (Å²) in [5.41, 5.74) is 2.78. The number of benzene rings is 2. The van der Waals surface area contributed by atoms with Crippen molar-refractivity contribution in [3.05, 3.63) is 82.4 Å². The monoisotopic (exact) mass is 457 g/mol. The zero-order chi connectivity index (χ0) is 23.7. The highest BCUT2D eigenvalue weighted by atomic mass is 16.5. The fourth-order valence-corrected chi connectivity index (χ4v) is 5.10. The van der Waals surface area contributed by atoms with Crippen LogP contribution in [0.4, 0.5) is 0 Å². The Morgan fingerprint density at radius 2 is 1.82 bits per heavy atom. The molecule has 1 saturated carbocycles. The second kappa shape index (κ2) is 9.37. The molecule has 1 atom stereocenters. The number of aromatic nitrogens is 2. The lowest BCUT2D eigenvalue weighted by atomic mass is 9.95. The smallest absolute Gasteiger partial charge is 0.275 e. The van der Waals surface area contributed by atoms with E-state index in [2.05, 4.69) is 24.4 Å². The summed E-state index contributed by atoms with van der Waals surface area (Å²) in [5, 5.41) is 4.14. The summed E-state index contributed by atoms with van der Waals surface area (Å²) < 4.78 is 8.89. The molecule has 6 heteroatoms. The molecule has 1 amide bonds. The van der Waals surface area contributed by atoms with E-state index in [9.17, 15) is 9.59 Å². The van der Waals surface area contributed by atoms with E-state index in [-0.39, 0.29) is 23.4 Å². The van der Waals surface area contributed by atoms with E-state index in [0.29, 0.717) is 23.5 Å². The molecule has 5 rings (SSSR count). The highest BCUT2D eigenvalue weighted by Gasteiger charge is 2.23. The van der Waals surface area contributed by atoms with E-state index in [1.165, 1.54) is 6.42 Å². The van der Waals surface area contributed by atoms with Crippen LogP contribution in [0.2, 0.25) is 0 Å². The summed E-state index contributed by atoms with van der Waals surface area (Å²) in [4.78, 5) is 27.3. The number of nitrogens with zero attached hydrogens (tertiary/aromatic N) is 2. The van der Waals surface area contributed by atoms with Crippen molar-refractivity contribution in [2.45, 2.75) is 57.5 Å². The number of ether oxygens (including phenoxy) is 1. The van der Waals surface area contributed by atoms with E-state index < -0.39 is 0 Å². The fraction of sp³-hybridized carbons (Fsp3) is 0.357. The van der Waals surface area contributed by atoms with Crippen molar-refractivity contribution < 1.29 is 9.53 Å². The van der Waals surface area contributed by atoms with E-state index in [0.717, 1.165) is 42.1 Å². The molecule has 1 aliphatic carbocycles. The second-order valence-corrected chi connectivity index (χ2v) is 9.37. The molecule has 1 unspecified atom stereocenters. The van der Waals surface area contributed by atoms with Gasteiger partial charge in [-0.25, -0.2) is 0 Å². The largest absolute Gasteiger partial charge is 0.497 e. The van der Waals surface area contributed by atoms with Crippen molar-refractivity contribution >= 4 is 22.3 Å². The normalized spacial score (nSPS) is 15.5. The van der Waals surface area contributed by atoms with Crippen molar-refractivity contribution in [2.24, 2.45) is 0 Å². The Kier molecular flexibility index (Phi) is 6.14. The van der Waals surface area contributed by atoms with Crippen LogP contribution in [0.3, 0.4) is 0 Å². The van der Waals surface area contributed by atoms with E-state index in [1.807, 2.05) is 53.1 Å². The Balaban J connectivity index is 1.63. The van der Waals surface area contributed by atoms with Gasteiger partial charge in [-0.05, 0) is 42.5 Å². The maximum atomic E-state index is 13.8. The third kappa shape index (κ3) is 4.20. The van der Waals surface area contributed by atoms with Crippen LogP contribution < -0.4 is 15.6 Å². The van der Waals surface area contributed by atoms with Crippen LogP contribution in [0.25, 0.3) is 16.4 Å². The van der Waals surface area contributed by atoms with Crippen LogP contribution in [-0.2, 0) is 6.54 Å². The number of rotatable bonds is 6. The number of nitrogens with one attached hydrogen (secondary N) is 1. The average molecular weight is 458 g/mol. The second-order valence-electron chi connectivity index (χ2n) is 9.37. The third-order valence-corrected chi connectivity index (χ3v) is 7.05. The van der Waals surface area contributed by atoms with Crippen LogP contribution in [0.15, 0.2) is 65.6 Å². The molecule has 176 valence electrons. The number of carbonyl (C=O) groups is 1. The number of amides is 1. The van der Waals surface area contributed by atoms with Gasteiger partial charge >= 0.3 is 0 Å². The molecular weight excluding hydrogens is 426 g/mol. The number of fused-ring (bicyclic) bond motifs is 3. The van der Waals surface area contributed by atoms with Gasteiger partial charge < -0.3 is 19.0 Å². The van der Waals surface area contributed by atoms with Crippen molar-refractivity contribution in [3.8, 4) is 5.75 Å². The number of hydrogen-bond acceptors (Lipinski definition) is 3. The molecule has 2 heterocycles. The minimum absolute atomic E-state index is 0.0760. The van der Waals surface area contributed by atoms with Gasteiger partial charge in [-0.3, -0.25) is 9.59 Å². The number of methoxy groups -OCH3 is 1. The highest BCUT2D eigenvalue weighted by molar-refractivity contribution is 5.94. The summed E-state index contributed by atoms with van der Waals surface area (Å²) in [6.45, 7) is 2.52. The molecule has 1 N–H and O–H groups in total. The maximum absolute atomic E-state index is 13.8. The van der Waals surface area contributed by atoms with Gasteiger partial charge in [-0.2, -0.15) is 0 Å².